The SMILES string of the molecule is Cc1nn(-c2ccccc2)c(Cl)c1CSc1nncn1C1CC1. The molecule has 0 aliphatic heterocycles. The molecule has 1 aliphatic rings. The predicted molar refractivity (Wildman–Crippen MR) is 91.2 cm³/mol. The summed E-state index contributed by atoms with van der Waals surface area (Å²) >= 11 is 8.23. The molecule has 3 aromatic rings. The van der Waals surface area contributed by atoms with Gasteiger partial charge in [-0.3, -0.25) is 0 Å². The van der Waals surface area contributed by atoms with Crippen LogP contribution in [-0.2, 0) is 5.75 Å². The van der Waals surface area contributed by atoms with Crippen LogP contribution in [-0.4, -0.2) is 24.5 Å². The van der Waals surface area contributed by atoms with Crippen molar-refractivity contribution in [3.63, 3.8) is 0 Å². The normalized spacial score (nSPS) is 14.3. The van der Waals surface area contributed by atoms with Crippen LogP contribution >= 0.6 is 23.4 Å². The number of hydrogen-bond donors (Lipinski definition) is 0. The molecular formula is C16H16ClN5S. The van der Waals surface area contributed by atoms with Crippen molar-refractivity contribution in [1.82, 2.24) is 24.5 Å². The second-order valence-corrected chi connectivity index (χ2v) is 6.94. The minimum atomic E-state index is 0.580. The molecule has 0 spiro atoms. The van der Waals surface area contributed by atoms with Crippen molar-refractivity contribution < 1.29 is 0 Å². The number of aryl methyl sites for hydroxylation is 1. The average Bonchev–Trinajstić information content (AvgIpc) is 3.24. The molecule has 1 aliphatic carbocycles. The van der Waals surface area contributed by atoms with E-state index >= 15 is 0 Å². The molecule has 0 bridgehead atoms. The zero-order chi connectivity index (χ0) is 15.8. The molecule has 0 unspecified atom stereocenters. The van der Waals surface area contributed by atoms with Gasteiger partial charge in [0, 0.05) is 17.4 Å². The van der Waals surface area contributed by atoms with Gasteiger partial charge in [-0.25, -0.2) is 4.68 Å². The van der Waals surface area contributed by atoms with Gasteiger partial charge in [-0.05, 0) is 31.9 Å². The Hall–Kier alpha value is -1.79. The lowest BCUT2D eigenvalue weighted by Crippen LogP contribution is -1.96. The van der Waals surface area contributed by atoms with Gasteiger partial charge in [-0.1, -0.05) is 41.6 Å². The van der Waals surface area contributed by atoms with Crippen molar-refractivity contribution in [3.05, 3.63) is 53.1 Å². The van der Waals surface area contributed by atoms with Crippen LogP contribution in [0.5, 0.6) is 0 Å². The first-order chi connectivity index (χ1) is 11.2. The van der Waals surface area contributed by atoms with E-state index in [-0.39, 0.29) is 0 Å². The van der Waals surface area contributed by atoms with E-state index in [1.54, 1.807) is 16.4 Å². The Balaban J connectivity index is 1.57. The summed E-state index contributed by atoms with van der Waals surface area (Å²) in [7, 11) is 0. The first-order valence-electron chi connectivity index (χ1n) is 7.56. The molecule has 0 radical (unpaired) electrons. The van der Waals surface area contributed by atoms with Gasteiger partial charge in [-0.2, -0.15) is 5.10 Å². The minimum Gasteiger partial charge on any atom is -0.306 e. The van der Waals surface area contributed by atoms with E-state index in [9.17, 15) is 0 Å². The van der Waals surface area contributed by atoms with Crippen molar-refractivity contribution in [2.45, 2.75) is 36.7 Å². The zero-order valence-corrected chi connectivity index (χ0v) is 14.3. The van der Waals surface area contributed by atoms with Crippen LogP contribution in [0.4, 0.5) is 0 Å². The maximum absolute atomic E-state index is 6.56. The van der Waals surface area contributed by atoms with E-state index in [1.807, 2.05) is 43.6 Å². The van der Waals surface area contributed by atoms with E-state index < -0.39 is 0 Å². The van der Waals surface area contributed by atoms with Crippen molar-refractivity contribution in [2.75, 3.05) is 0 Å². The van der Waals surface area contributed by atoms with Crippen LogP contribution < -0.4 is 0 Å². The molecule has 5 nitrogen and oxygen atoms in total. The summed E-state index contributed by atoms with van der Waals surface area (Å²) < 4.78 is 3.95. The van der Waals surface area contributed by atoms with Gasteiger partial charge in [-0.15, -0.1) is 10.2 Å². The highest BCUT2D eigenvalue weighted by atomic mass is 35.5. The lowest BCUT2D eigenvalue weighted by atomic mass is 10.3. The Morgan fingerprint density at radius 1 is 1.26 bits per heavy atom. The summed E-state index contributed by atoms with van der Waals surface area (Å²) in [6, 6.07) is 10.5. The van der Waals surface area contributed by atoms with Gasteiger partial charge in [0.05, 0.1) is 11.4 Å². The Labute approximate surface area is 143 Å². The van der Waals surface area contributed by atoms with E-state index in [0.717, 1.165) is 27.9 Å². The molecule has 4 rings (SSSR count). The number of nitrogens with zero attached hydrogens (tertiary/aromatic N) is 5. The van der Waals surface area contributed by atoms with Crippen LogP contribution in [0, 0.1) is 6.92 Å². The molecule has 118 valence electrons. The van der Waals surface area contributed by atoms with Crippen LogP contribution in [0.2, 0.25) is 5.15 Å². The van der Waals surface area contributed by atoms with Crippen LogP contribution in [0.1, 0.15) is 30.1 Å². The highest BCUT2D eigenvalue weighted by Crippen LogP contribution is 2.38. The Bertz CT molecular complexity index is 822. The monoisotopic (exact) mass is 345 g/mol. The number of thioether (sulfide) groups is 1. The molecule has 1 fully saturated rings. The van der Waals surface area contributed by atoms with Gasteiger partial charge in [0.25, 0.3) is 0 Å². The van der Waals surface area contributed by atoms with E-state index in [1.165, 1.54) is 12.8 Å². The van der Waals surface area contributed by atoms with E-state index in [4.69, 9.17) is 11.6 Å². The fraction of sp³-hybridized carbons (Fsp3) is 0.312. The predicted octanol–water partition coefficient (Wildman–Crippen LogP) is 4.05. The highest BCUT2D eigenvalue weighted by molar-refractivity contribution is 7.98. The van der Waals surface area contributed by atoms with Crippen molar-refractivity contribution >= 4 is 23.4 Å². The lowest BCUT2D eigenvalue weighted by Gasteiger charge is -2.05. The van der Waals surface area contributed by atoms with Crippen LogP contribution in [0.3, 0.4) is 0 Å². The quantitative estimate of drug-likeness (QED) is 0.654. The zero-order valence-electron chi connectivity index (χ0n) is 12.7. The molecule has 2 heterocycles. The van der Waals surface area contributed by atoms with Crippen LogP contribution in [0.25, 0.3) is 5.69 Å². The highest BCUT2D eigenvalue weighted by Gasteiger charge is 2.26. The maximum atomic E-state index is 6.56. The Morgan fingerprint density at radius 3 is 2.78 bits per heavy atom. The average molecular weight is 346 g/mol. The molecule has 1 aromatic carbocycles. The second-order valence-electron chi connectivity index (χ2n) is 5.64. The molecule has 0 amide bonds. The smallest absolute Gasteiger partial charge is 0.191 e. The number of benzene rings is 1. The van der Waals surface area contributed by atoms with Crippen LogP contribution in [0.15, 0.2) is 41.8 Å². The molecule has 0 N–H and O–H groups in total. The maximum Gasteiger partial charge on any atom is 0.191 e. The van der Waals surface area contributed by atoms with Crippen molar-refractivity contribution in [1.29, 1.82) is 0 Å². The summed E-state index contributed by atoms with van der Waals surface area (Å²) in [5, 5.41) is 14.5. The Kier molecular flexibility index (Phi) is 3.87. The molecule has 2 aromatic heterocycles. The number of rotatable bonds is 5. The van der Waals surface area contributed by atoms with Gasteiger partial charge in [0.1, 0.15) is 11.5 Å². The summed E-state index contributed by atoms with van der Waals surface area (Å²) in [5.41, 5.74) is 2.97. The molecular weight excluding hydrogens is 330 g/mol. The number of para-hydroxylation sites is 1. The topological polar surface area (TPSA) is 48.5 Å². The number of aromatic nitrogens is 5. The lowest BCUT2D eigenvalue weighted by molar-refractivity contribution is 0.663. The largest absolute Gasteiger partial charge is 0.306 e. The molecule has 1 saturated carbocycles. The fourth-order valence-electron chi connectivity index (χ4n) is 2.51. The van der Waals surface area contributed by atoms with Gasteiger partial charge >= 0.3 is 0 Å². The van der Waals surface area contributed by atoms with Gasteiger partial charge < -0.3 is 4.57 Å². The number of hydrogen-bond acceptors (Lipinski definition) is 4. The molecule has 7 heteroatoms. The molecule has 0 saturated heterocycles. The fourth-order valence-corrected chi connectivity index (χ4v) is 4.00. The second kappa shape index (κ2) is 6.02. The van der Waals surface area contributed by atoms with E-state index in [0.29, 0.717) is 11.2 Å². The molecule has 23 heavy (non-hydrogen) atoms. The van der Waals surface area contributed by atoms with Gasteiger partial charge in [0.2, 0.25) is 0 Å². The summed E-state index contributed by atoms with van der Waals surface area (Å²) in [5.74, 6) is 0.739. The van der Waals surface area contributed by atoms with Gasteiger partial charge in [0.15, 0.2) is 5.16 Å². The van der Waals surface area contributed by atoms with Crippen molar-refractivity contribution in [3.8, 4) is 5.69 Å². The first kappa shape index (κ1) is 14.8. The summed E-state index contributed by atoms with van der Waals surface area (Å²) in [4.78, 5) is 0. The third-order valence-electron chi connectivity index (χ3n) is 3.95. The third kappa shape index (κ3) is 2.88. The Morgan fingerprint density at radius 2 is 2.04 bits per heavy atom. The first-order valence-corrected chi connectivity index (χ1v) is 8.92. The van der Waals surface area contributed by atoms with Crippen molar-refractivity contribution in [2.24, 2.45) is 0 Å². The number of halogens is 1. The molecule has 0 atom stereocenters. The summed E-state index contributed by atoms with van der Waals surface area (Å²) in [6.07, 6.45) is 4.26. The van der Waals surface area contributed by atoms with E-state index in [2.05, 4.69) is 19.9 Å². The summed E-state index contributed by atoms with van der Waals surface area (Å²) in [6.45, 7) is 1.99. The minimum absolute atomic E-state index is 0.580. The third-order valence-corrected chi connectivity index (χ3v) is 5.32. The standard InChI is InChI=1S/C16H16ClN5S/c1-11-14(9-23-16-19-18-10-21(16)12-7-8-12)15(17)22(20-11)13-5-3-2-4-6-13/h2-6,10,12H,7-9H2,1H3.